The molecule has 7 heteroatoms. The molecule has 0 aliphatic carbocycles. The number of imide groups is 2. The lowest BCUT2D eigenvalue weighted by molar-refractivity contribution is -0.144. The van der Waals surface area contributed by atoms with Crippen LogP contribution >= 0.6 is 12.6 Å². The van der Waals surface area contributed by atoms with Gasteiger partial charge < -0.3 is 5.11 Å². The molecule has 1 saturated heterocycles. The predicted octanol–water partition coefficient (Wildman–Crippen LogP) is -2.03. The van der Waals surface area contributed by atoms with Gasteiger partial charge in [0.2, 0.25) is 0 Å². The fourth-order valence-corrected chi connectivity index (χ4v) is 0.627. The highest BCUT2D eigenvalue weighted by molar-refractivity contribution is 7.83. The van der Waals surface area contributed by atoms with Gasteiger partial charge in [-0.15, -0.1) is 12.6 Å². The maximum absolute atomic E-state index is 10.6. The molecular weight excluding hydrogens is 172 g/mol. The van der Waals surface area contributed by atoms with Crippen molar-refractivity contribution in [2.24, 2.45) is 0 Å². The summed E-state index contributed by atoms with van der Waals surface area (Å²) >= 11 is 3.33. The lowest BCUT2D eigenvalue weighted by Crippen LogP contribution is -2.64. The third kappa shape index (κ3) is 1.19. The first-order valence-corrected chi connectivity index (χ1v) is 3.01. The van der Waals surface area contributed by atoms with Gasteiger partial charge in [0.15, 0.2) is 0 Å². The molecule has 1 rings (SSSR count). The van der Waals surface area contributed by atoms with Gasteiger partial charge in [0.05, 0.1) is 0 Å². The van der Waals surface area contributed by atoms with Gasteiger partial charge >= 0.3 is 6.03 Å². The third-order valence-corrected chi connectivity index (χ3v) is 1.49. The van der Waals surface area contributed by atoms with Crippen molar-refractivity contribution in [1.82, 2.24) is 10.6 Å². The number of nitrogens with one attached hydrogen (secondary N) is 2. The van der Waals surface area contributed by atoms with E-state index in [4.69, 9.17) is 5.11 Å². The van der Waals surface area contributed by atoms with E-state index in [1.807, 2.05) is 0 Å². The fourth-order valence-electron chi connectivity index (χ4n) is 0.515. The molecule has 0 aromatic rings. The van der Waals surface area contributed by atoms with E-state index >= 15 is 0 Å². The smallest absolute Gasteiger partial charge is 0.328 e. The number of aliphatic hydroxyl groups is 1. The third-order valence-electron chi connectivity index (χ3n) is 1.09. The topological polar surface area (TPSA) is 95.5 Å². The maximum Gasteiger partial charge on any atom is 0.328 e. The molecule has 0 unspecified atom stereocenters. The second kappa shape index (κ2) is 2.21. The van der Waals surface area contributed by atoms with E-state index in [0.717, 1.165) is 0 Å². The molecule has 3 N–H and O–H groups in total. The molecule has 1 heterocycles. The number of carbonyl (C=O) groups is 3. The van der Waals surface area contributed by atoms with Crippen LogP contribution in [0, 0.1) is 0 Å². The molecule has 0 saturated carbocycles. The lowest BCUT2D eigenvalue weighted by Gasteiger charge is -2.23. The molecule has 60 valence electrons. The molecular formula is C4H4N2O4S. The van der Waals surface area contributed by atoms with Gasteiger partial charge in [-0.2, -0.15) is 0 Å². The average molecular weight is 176 g/mol. The van der Waals surface area contributed by atoms with Gasteiger partial charge in [0.25, 0.3) is 16.7 Å². The zero-order valence-corrected chi connectivity index (χ0v) is 6.01. The molecule has 4 amide bonds. The number of amides is 4. The summed E-state index contributed by atoms with van der Waals surface area (Å²) in [5.41, 5.74) is 0. The van der Waals surface area contributed by atoms with Crippen molar-refractivity contribution in [1.29, 1.82) is 0 Å². The second-order valence-corrected chi connectivity index (χ2v) is 2.56. The molecule has 6 nitrogen and oxygen atoms in total. The monoisotopic (exact) mass is 176 g/mol. The van der Waals surface area contributed by atoms with Crippen LogP contribution in [0.2, 0.25) is 0 Å². The summed E-state index contributed by atoms with van der Waals surface area (Å²) in [6.45, 7) is 0. The van der Waals surface area contributed by atoms with Crippen LogP contribution in [0.1, 0.15) is 0 Å². The summed E-state index contributed by atoms with van der Waals surface area (Å²) in [6, 6.07) is -0.960. The van der Waals surface area contributed by atoms with Gasteiger partial charge in [-0.1, -0.05) is 0 Å². The van der Waals surface area contributed by atoms with Gasteiger partial charge in [-0.25, -0.2) is 4.79 Å². The lowest BCUT2D eigenvalue weighted by atomic mass is 10.2. The second-order valence-electron chi connectivity index (χ2n) is 1.91. The normalized spacial score (nSPS) is 22.5. The first-order chi connectivity index (χ1) is 4.94. The molecule has 1 aliphatic rings. The quantitative estimate of drug-likeness (QED) is 0.194. The molecule has 0 atom stereocenters. The van der Waals surface area contributed by atoms with Crippen molar-refractivity contribution in [2.45, 2.75) is 4.93 Å². The van der Waals surface area contributed by atoms with Crippen LogP contribution < -0.4 is 10.6 Å². The highest BCUT2D eigenvalue weighted by Gasteiger charge is 2.45. The Balaban J connectivity index is 2.93. The molecule has 11 heavy (non-hydrogen) atoms. The van der Waals surface area contributed by atoms with Crippen LogP contribution in [-0.4, -0.2) is 27.9 Å². The summed E-state index contributed by atoms with van der Waals surface area (Å²) in [6.07, 6.45) is 0. The van der Waals surface area contributed by atoms with E-state index in [0.29, 0.717) is 0 Å². The number of hydrogen-bond acceptors (Lipinski definition) is 5. The van der Waals surface area contributed by atoms with Gasteiger partial charge in [0, 0.05) is 0 Å². The Morgan fingerprint density at radius 2 is 1.55 bits per heavy atom. The molecule has 1 fully saturated rings. The van der Waals surface area contributed by atoms with Crippen molar-refractivity contribution in [3.05, 3.63) is 0 Å². The SMILES string of the molecule is O=C1NC(=O)C(O)(S)C(=O)N1. The number of rotatable bonds is 0. The summed E-state index contributed by atoms with van der Waals surface area (Å²) in [5.74, 6) is -2.29. The van der Waals surface area contributed by atoms with Crippen molar-refractivity contribution in [3.63, 3.8) is 0 Å². The standard InChI is InChI=1S/C4H4N2O4S/c7-1-4(10,11)2(8)6-3(9)5-1/h10-11H,(H2,5,6,7,8,9). The van der Waals surface area contributed by atoms with Gasteiger partial charge in [0.1, 0.15) is 0 Å². The Kier molecular flexibility index (Phi) is 1.61. The first-order valence-electron chi connectivity index (χ1n) is 2.56. The predicted molar refractivity (Wildman–Crippen MR) is 35.6 cm³/mol. The Hall–Kier alpha value is -1.08. The van der Waals surface area contributed by atoms with Crippen molar-refractivity contribution < 1.29 is 19.5 Å². The minimum absolute atomic E-state index is 0.960. The Morgan fingerprint density at radius 1 is 1.18 bits per heavy atom. The van der Waals surface area contributed by atoms with E-state index < -0.39 is 22.8 Å². The first kappa shape index (κ1) is 8.02. The fraction of sp³-hybridized carbons (Fsp3) is 0.250. The van der Waals surface area contributed by atoms with Crippen LogP contribution in [0.25, 0.3) is 0 Å². The Bertz CT molecular complexity index is 226. The van der Waals surface area contributed by atoms with Crippen molar-refractivity contribution in [2.75, 3.05) is 0 Å². The van der Waals surface area contributed by atoms with E-state index in [9.17, 15) is 14.4 Å². The minimum atomic E-state index is -2.45. The molecule has 0 spiro atoms. The number of carbonyl (C=O) groups excluding carboxylic acids is 3. The van der Waals surface area contributed by atoms with Gasteiger partial charge in [-0.05, 0) is 0 Å². The van der Waals surface area contributed by atoms with Gasteiger partial charge in [-0.3, -0.25) is 20.2 Å². The number of urea groups is 1. The van der Waals surface area contributed by atoms with Crippen LogP contribution in [-0.2, 0) is 9.59 Å². The van der Waals surface area contributed by atoms with Crippen LogP contribution in [0.5, 0.6) is 0 Å². The van der Waals surface area contributed by atoms with Crippen molar-refractivity contribution >= 4 is 30.5 Å². The van der Waals surface area contributed by atoms with Crippen LogP contribution in [0.3, 0.4) is 0 Å². The zero-order valence-electron chi connectivity index (χ0n) is 5.12. The minimum Gasteiger partial charge on any atom is -0.364 e. The molecule has 0 bridgehead atoms. The molecule has 0 aromatic heterocycles. The Labute approximate surface area is 66.4 Å². The van der Waals surface area contributed by atoms with E-state index in [2.05, 4.69) is 12.6 Å². The molecule has 0 aromatic carbocycles. The maximum atomic E-state index is 10.6. The zero-order chi connectivity index (χ0) is 8.65. The summed E-state index contributed by atoms with van der Waals surface area (Å²) in [5, 5.41) is 12.2. The summed E-state index contributed by atoms with van der Waals surface area (Å²) in [4.78, 5) is 29.1. The van der Waals surface area contributed by atoms with Crippen LogP contribution in [0.4, 0.5) is 4.79 Å². The van der Waals surface area contributed by atoms with E-state index in [1.165, 1.54) is 0 Å². The van der Waals surface area contributed by atoms with Crippen LogP contribution in [0.15, 0.2) is 0 Å². The summed E-state index contributed by atoms with van der Waals surface area (Å²) < 4.78 is 0. The Morgan fingerprint density at radius 3 is 1.91 bits per heavy atom. The number of hydrogen-bond donors (Lipinski definition) is 4. The molecule has 0 radical (unpaired) electrons. The largest absolute Gasteiger partial charge is 0.364 e. The number of thiol groups is 1. The van der Waals surface area contributed by atoms with E-state index in [-0.39, 0.29) is 0 Å². The molecule has 1 aliphatic heterocycles. The number of barbiturate groups is 1. The highest BCUT2D eigenvalue weighted by Crippen LogP contribution is 2.12. The van der Waals surface area contributed by atoms with E-state index in [1.54, 1.807) is 10.6 Å². The average Bonchev–Trinajstić information content (AvgIpc) is 1.84. The highest BCUT2D eigenvalue weighted by atomic mass is 32.1. The summed E-state index contributed by atoms with van der Waals surface area (Å²) in [7, 11) is 0. The van der Waals surface area contributed by atoms with Crippen molar-refractivity contribution in [3.8, 4) is 0 Å².